The second kappa shape index (κ2) is 10.1. The molecular weight excluding hydrogens is 380 g/mol. The molecular formula is C23H26N4O3. The van der Waals surface area contributed by atoms with Crippen LogP contribution in [0.15, 0.2) is 65.2 Å². The van der Waals surface area contributed by atoms with Gasteiger partial charge in [0, 0.05) is 18.7 Å². The van der Waals surface area contributed by atoms with Gasteiger partial charge in [0.15, 0.2) is 5.82 Å². The molecule has 1 fully saturated rings. The SMILES string of the molecule is O=C(NCc1noc(CN2CCC(OCc3ccccc3)CC2)n1)c1ccccc1. The number of likely N-dealkylation sites (tertiary alicyclic amines) is 1. The third-order valence-electron chi connectivity index (χ3n) is 5.18. The summed E-state index contributed by atoms with van der Waals surface area (Å²) in [5.41, 5.74) is 1.82. The van der Waals surface area contributed by atoms with Crippen LogP contribution in [-0.4, -0.2) is 40.1 Å². The summed E-state index contributed by atoms with van der Waals surface area (Å²) in [6.45, 7) is 3.38. The number of piperidine rings is 1. The van der Waals surface area contributed by atoms with Crippen LogP contribution in [0.1, 0.15) is 40.5 Å². The lowest BCUT2D eigenvalue weighted by atomic mass is 10.1. The van der Waals surface area contributed by atoms with Crippen molar-refractivity contribution in [2.45, 2.75) is 38.6 Å². The van der Waals surface area contributed by atoms with Gasteiger partial charge in [-0.15, -0.1) is 0 Å². The van der Waals surface area contributed by atoms with E-state index in [-0.39, 0.29) is 18.6 Å². The van der Waals surface area contributed by atoms with E-state index in [0.29, 0.717) is 30.4 Å². The van der Waals surface area contributed by atoms with Gasteiger partial charge in [0.25, 0.3) is 5.91 Å². The summed E-state index contributed by atoms with van der Waals surface area (Å²) in [7, 11) is 0. The highest BCUT2D eigenvalue weighted by Gasteiger charge is 2.21. The molecule has 0 saturated carbocycles. The predicted molar refractivity (Wildman–Crippen MR) is 111 cm³/mol. The molecule has 1 saturated heterocycles. The summed E-state index contributed by atoms with van der Waals surface area (Å²) < 4.78 is 11.4. The Morgan fingerprint density at radius 2 is 1.77 bits per heavy atom. The van der Waals surface area contributed by atoms with Crippen molar-refractivity contribution in [3.63, 3.8) is 0 Å². The molecule has 0 unspecified atom stereocenters. The minimum Gasteiger partial charge on any atom is -0.373 e. The monoisotopic (exact) mass is 406 g/mol. The Balaban J connectivity index is 1.18. The van der Waals surface area contributed by atoms with Gasteiger partial charge in [-0.1, -0.05) is 53.7 Å². The van der Waals surface area contributed by atoms with Crippen molar-refractivity contribution in [1.82, 2.24) is 20.4 Å². The number of carbonyl (C=O) groups is 1. The van der Waals surface area contributed by atoms with E-state index >= 15 is 0 Å². The van der Waals surface area contributed by atoms with E-state index in [1.165, 1.54) is 5.56 Å². The summed E-state index contributed by atoms with van der Waals surface area (Å²) in [5, 5.41) is 6.78. The van der Waals surface area contributed by atoms with Crippen LogP contribution in [0.25, 0.3) is 0 Å². The Hall–Kier alpha value is -3.03. The van der Waals surface area contributed by atoms with Gasteiger partial charge in [0.1, 0.15) is 0 Å². The Bertz CT molecular complexity index is 922. The maximum absolute atomic E-state index is 12.1. The van der Waals surface area contributed by atoms with Crippen LogP contribution in [0.4, 0.5) is 0 Å². The second-order valence-corrected chi connectivity index (χ2v) is 7.43. The van der Waals surface area contributed by atoms with Crippen LogP contribution in [0.5, 0.6) is 0 Å². The molecule has 0 bridgehead atoms. The molecule has 0 spiro atoms. The number of rotatable bonds is 8. The molecule has 1 N–H and O–H groups in total. The lowest BCUT2D eigenvalue weighted by molar-refractivity contribution is -0.00555. The van der Waals surface area contributed by atoms with Crippen LogP contribution in [0, 0.1) is 0 Å². The number of nitrogens with zero attached hydrogens (tertiary/aromatic N) is 3. The number of hydrogen-bond donors (Lipinski definition) is 1. The second-order valence-electron chi connectivity index (χ2n) is 7.43. The summed E-state index contributed by atoms with van der Waals surface area (Å²) in [6, 6.07) is 19.3. The van der Waals surface area contributed by atoms with Gasteiger partial charge in [0.2, 0.25) is 5.89 Å². The Morgan fingerprint density at radius 3 is 2.50 bits per heavy atom. The van der Waals surface area contributed by atoms with Gasteiger partial charge >= 0.3 is 0 Å². The number of benzene rings is 2. The quantitative estimate of drug-likeness (QED) is 0.619. The van der Waals surface area contributed by atoms with Gasteiger partial charge in [-0.3, -0.25) is 9.69 Å². The van der Waals surface area contributed by atoms with E-state index in [2.05, 4.69) is 32.5 Å². The first kappa shape index (κ1) is 20.3. The van der Waals surface area contributed by atoms with Crippen molar-refractivity contribution in [1.29, 1.82) is 0 Å². The maximum Gasteiger partial charge on any atom is 0.251 e. The topological polar surface area (TPSA) is 80.5 Å². The van der Waals surface area contributed by atoms with Gasteiger partial charge in [0.05, 0.1) is 25.8 Å². The molecule has 1 amide bonds. The fourth-order valence-electron chi connectivity index (χ4n) is 3.49. The largest absolute Gasteiger partial charge is 0.373 e. The predicted octanol–water partition coefficient (Wildman–Crippen LogP) is 3.18. The van der Waals surface area contributed by atoms with Crippen molar-refractivity contribution in [2.24, 2.45) is 0 Å². The first-order valence-electron chi connectivity index (χ1n) is 10.3. The highest BCUT2D eigenvalue weighted by atomic mass is 16.5. The Labute approximate surface area is 176 Å². The summed E-state index contributed by atoms with van der Waals surface area (Å²) in [4.78, 5) is 18.8. The zero-order valence-corrected chi connectivity index (χ0v) is 16.9. The molecule has 156 valence electrons. The van der Waals surface area contributed by atoms with Gasteiger partial charge in [-0.2, -0.15) is 4.98 Å². The number of carbonyl (C=O) groups excluding carboxylic acids is 1. The average molecular weight is 406 g/mol. The van der Waals surface area contributed by atoms with E-state index in [4.69, 9.17) is 9.26 Å². The summed E-state index contributed by atoms with van der Waals surface area (Å²) >= 11 is 0. The number of nitrogens with one attached hydrogen (secondary N) is 1. The van der Waals surface area contributed by atoms with E-state index in [9.17, 15) is 4.79 Å². The van der Waals surface area contributed by atoms with Gasteiger partial charge in [-0.05, 0) is 30.5 Å². The van der Waals surface area contributed by atoms with Crippen molar-refractivity contribution in [3.05, 3.63) is 83.5 Å². The Kier molecular flexibility index (Phi) is 6.84. The van der Waals surface area contributed by atoms with Crippen LogP contribution in [-0.2, 0) is 24.4 Å². The zero-order valence-electron chi connectivity index (χ0n) is 16.9. The molecule has 2 aromatic carbocycles. The zero-order chi connectivity index (χ0) is 20.6. The minimum atomic E-state index is -0.153. The first-order chi connectivity index (χ1) is 14.8. The lowest BCUT2D eigenvalue weighted by Gasteiger charge is -2.30. The fraction of sp³-hybridized carbons (Fsp3) is 0.348. The molecule has 0 atom stereocenters. The lowest BCUT2D eigenvalue weighted by Crippen LogP contribution is -2.36. The van der Waals surface area contributed by atoms with E-state index < -0.39 is 0 Å². The van der Waals surface area contributed by atoms with E-state index in [0.717, 1.165) is 25.9 Å². The van der Waals surface area contributed by atoms with Crippen molar-refractivity contribution < 1.29 is 14.1 Å². The normalized spacial score (nSPS) is 15.2. The molecule has 1 aliphatic rings. The van der Waals surface area contributed by atoms with Crippen molar-refractivity contribution >= 4 is 5.91 Å². The number of aromatic nitrogens is 2. The smallest absolute Gasteiger partial charge is 0.251 e. The molecule has 0 aliphatic carbocycles. The van der Waals surface area contributed by atoms with Crippen LogP contribution in [0.3, 0.4) is 0 Å². The van der Waals surface area contributed by atoms with Crippen LogP contribution >= 0.6 is 0 Å². The van der Waals surface area contributed by atoms with E-state index in [1.807, 2.05) is 36.4 Å². The van der Waals surface area contributed by atoms with Crippen LogP contribution in [0.2, 0.25) is 0 Å². The molecule has 3 aromatic rings. The highest BCUT2D eigenvalue weighted by Crippen LogP contribution is 2.17. The number of amides is 1. The Morgan fingerprint density at radius 1 is 1.07 bits per heavy atom. The highest BCUT2D eigenvalue weighted by molar-refractivity contribution is 5.93. The molecule has 30 heavy (non-hydrogen) atoms. The van der Waals surface area contributed by atoms with Gasteiger partial charge < -0.3 is 14.6 Å². The first-order valence-corrected chi connectivity index (χ1v) is 10.3. The van der Waals surface area contributed by atoms with Crippen molar-refractivity contribution in [2.75, 3.05) is 13.1 Å². The third-order valence-corrected chi connectivity index (χ3v) is 5.18. The van der Waals surface area contributed by atoms with E-state index in [1.54, 1.807) is 12.1 Å². The average Bonchev–Trinajstić information content (AvgIpc) is 3.25. The minimum absolute atomic E-state index is 0.153. The fourth-order valence-corrected chi connectivity index (χ4v) is 3.49. The molecule has 7 nitrogen and oxygen atoms in total. The van der Waals surface area contributed by atoms with Crippen molar-refractivity contribution in [3.8, 4) is 0 Å². The molecule has 2 heterocycles. The maximum atomic E-state index is 12.1. The molecule has 0 radical (unpaired) electrons. The van der Waals surface area contributed by atoms with Gasteiger partial charge in [-0.25, -0.2) is 0 Å². The standard InChI is InChI=1S/C23H26N4O3/c28-23(19-9-5-2-6-10-19)24-15-21-25-22(30-26-21)16-27-13-11-20(12-14-27)29-17-18-7-3-1-4-8-18/h1-10,20H,11-17H2,(H,24,28). The number of hydrogen-bond acceptors (Lipinski definition) is 6. The summed E-state index contributed by atoms with van der Waals surface area (Å²) in [6.07, 6.45) is 2.26. The summed E-state index contributed by atoms with van der Waals surface area (Å²) in [5.74, 6) is 0.900. The number of ether oxygens (including phenoxy) is 1. The van der Waals surface area contributed by atoms with Crippen LogP contribution < -0.4 is 5.32 Å². The molecule has 4 rings (SSSR count). The molecule has 1 aromatic heterocycles. The molecule has 7 heteroatoms. The third kappa shape index (κ3) is 5.75. The molecule has 1 aliphatic heterocycles.